The maximum absolute atomic E-state index is 13.9. The van der Waals surface area contributed by atoms with Crippen LogP contribution in [0.1, 0.15) is 21.6 Å². The number of aryl methyl sites for hydroxylation is 1. The van der Waals surface area contributed by atoms with Gasteiger partial charge in [-0.1, -0.05) is 29.8 Å². The van der Waals surface area contributed by atoms with E-state index in [-0.39, 0.29) is 12.5 Å². The van der Waals surface area contributed by atoms with Gasteiger partial charge in [-0.2, -0.15) is 0 Å². The molecular weight excluding hydrogens is 435 g/mol. The van der Waals surface area contributed by atoms with Gasteiger partial charge < -0.3 is 10.1 Å². The van der Waals surface area contributed by atoms with Gasteiger partial charge in [-0.3, -0.25) is 4.79 Å². The smallest absolute Gasteiger partial charge is 0.275 e. The highest BCUT2D eigenvalue weighted by Crippen LogP contribution is 2.27. The number of nitrogens with zero attached hydrogens (tertiary/aromatic N) is 1. The molecule has 0 atom stereocenters. The van der Waals surface area contributed by atoms with Crippen LogP contribution in [0, 0.1) is 12.7 Å². The van der Waals surface area contributed by atoms with E-state index in [9.17, 15) is 9.18 Å². The zero-order chi connectivity index (χ0) is 21.8. The van der Waals surface area contributed by atoms with Gasteiger partial charge in [-0.05, 0) is 61.0 Å². The van der Waals surface area contributed by atoms with E-state index in [0.29, 0.717) is 22.0 Å². The van der Waals surface area contributed by atoms with Crippen molar-refractivity contribution in [2.45, 2.75) is 13.5 Å². The maximum Gasteiger partial charge on any atom is 0.275 e. The van der Waals surface area contributed by atoms with E-state index in [2.05, 4.69) is 10.3 Å². The van der Waals surface area contributed by atoms with E-state index in [1.54, 1.807) is 29.6 Å². The molecule has 0 aliphatic rings. The number of ether oxygens (including phenoxy) is 1. The van der Waals surface area contributed by atoms with Crippen LogP contribution in [-0.2, 0) is 6.61 Å². The first-order valence-electron chi connectivity index (χ1n) is 9.49. The summed E-state index contributed by atoms with van der Waals surface area (Å²) in [5.74, 6) is -0.0739. The Morgan fingerprint density at radius 2 is 1.90 bits per heavy atom. The first kappa shape index (κ1) is 21.0. The number of rotatable bonds is 6. The number of carbonyl (C=O) groups excluding carboxylic acids is 1. The van der Waals surface area contributed by atoms with Gasteiger partial charge in [-0.25, -0.2) is 9.37 Å². The molecule has 1 heterocycles. The third-order valence-electron chi connectivity index (χ3n) is 4.56. The van der Waals surface area contributed by atoms with Crippen LogP contribution >= 0.6 is 22.9 Å². The summed E-state index contributed by atoms with van der Waals surface area (Å²) < 4.78 is 19.5. The fourth-order valence-electron chi connectivity index (χ4n) is 2.95. The Labute approximate surface area is 188 Å². The minimum atomic E-state index is -0.400. The lowest BCUT2D eigenvalue weighted by Gasteiger charge is -2.09. The molecule has 0 aliphatic carbocycles. The molecule has 1 amide bonds. The molecule has 0 bridgehead atoms. The SMILES string of the molecule is Cc1cccc(NC(=O)c2csc(-c3ccc(OCc4c(F)cccc4Cl)cc3)n2)c1. The van der Waals surface area contributed by atoms with Crippen LogP contribution in [0.25, 0.3) is 10.6 Å². The van der Waals surface area contributed by atoms with Crippen LogP contribution in [0.15, 0.2) is 72.1 Å². The zero-order valence-corrected chi connectivity index (χ0v) is 18.1. The van der Waals surface area contributed by atoms with Gasteiger partial charge in [0.25, 0.3) is 5.91 Å². The molecule has 0 unspecified atom stereocenters. The van der Waals surface area contributed by atoms with Crippen molar-refractivity contribution in [2.75, 3.05) is 5.32 Å². The van der Waals surface area contributed by atoms with Crippen molar-refractivity contribution in [1.82, 2.24) is 4.98 Å². The summed E-state index contributed by atoms with van der Waals surface area (Å²) in [5, 5.41) is 5.64. The van der Waals surface area contributed by atoms with Gasteiger partial charge in [0.05, 0.1) is 5.02 Å². The minimum absolute atomic E-state index is 0.0331. The molecule has 3 aromatic carbocycles. The van der Waals surface area contributed by atoms with E-state index in [1.165, 1.54) is 17.4 Å². The first-order valence-corrected chi connectivity index (χ1v) is 10.7. The molecule has 0 aliphatic heterocycles. The molecule has 0 saturated heterocycles. The fourth-order valence-corrected chi connectivity index (χ4v) is 3.97. The number of anilines is 1. The number of thiazole rings is 1. The highest BCUT2D eigenvalue weighted by atomic mass is 35.5. The summed E-state index contributed by atoms with van der Waals surface area (Å²) in [6, 6.07) is 19.4. The van der Waals surface area contributed by atoms with Gasteiger partial charge in [0.15, 0.2) is 0 Å². The topological polar surface area (TPSA) is 51.2 Å². The van der Waals surface area contributed by atoms with Crippen molar-refractivity contribution in [3.63, 3.8) is 0 Å². The Kier molecular flexibility index (Phi) is 6.30. The van der Waals surface area contributed by atoms with Gasteiger partial charge >= 0.3 is 0 Å². The van der Waals surface area contributed by atoms with Crippen molar-refractivity contribution in [1.29, 1.82) is 0 Å². The second kappa shape index (κ2) is 9.29. The Bertz CT molecular complexity index is 1200. The van der Waals surface area contributed by atoms with Gasteiger partial charge in [0.2, 0.25) is 0 Å². The predicted molar refractivity (Wildman–Crippen MR) is 122 cm³/mol. The summed E-state index contributed by atoms with van der Waals surface area (Å²) in [7, 11) is 0. The highest BCUT2D eigenvalue weighted by Gasteiger charge is 2.13. The molecule has 4 nitrogen and oxygen atoms in total. The molecule has 0 fully saturated rings. The monoisotopic (exact) mass is 452 g/mol. The Balaban J connectivity index is 1.41. The van der Waals surface area contributed by atoms with E-state index >= 15 is 0 Å². The third kappa shape index (κ3) is 5.10. The Hall–Kier alpha value is -3.22. The summed E-state index contributed by atoms with van der Waals surface area (Å²) in [4.78, 5) is 16.9. The van der Waals surface area contributed by atoms with Crippen molar-refractivity contribution in [3.8, 4) is 16.3 Å². The molecule has 1 N–H and O–H groups in total. The molecule has 7 heteroatoms. The molecule has 4 aromatic rings. The minimum Gasteiger partial charge on any atom is -0.489 e. The normalized spacial score (nSPS) is 10.7. The number of halogens is 2. The van der Waals surface area contributed by atoms with Crippen molar-refractivity contribution < 1.29 is 13.9 Å². The number of amides is 1. The molecule has 0 saturated carbocycles. The van der Waals surface area contributed by atoms with Crippen molar-refractivity contribution in [2.24, 2.45) is 0 Å². The lowest BCUT2D eigenvalue weighted by molar-refractivity contribution is 0.102. The van der Waals surface area contributed by atoms with Crippen LogP contribution in [0.5, 0.6) is 5.75 Å². The van der Waals surface area contributed by atoms with E-state index in [4.69, 9.17) is 16.3 Å². The fraction of sp³-hybridized carbons (Fsp3) is 0.0833. The van der Waals surface area contributed by atoms with Crippen LogP contribution in [0.2, 0.25) is 5.02 Å². The number of aromatic nitrogens is 1. The zero-order valence-electron chi connectivity index (χ0n) is 16.6. The summed E-state index contributed by atoms with van der Waals surface area (Å²) in [6.45, 7) is 2.00. The summed E-state index contributed by atoms with van der Waals surface area (Å²) >= 11 is 7.41. The van der Waals surface area contributed by atoms with Gasteiger partial charge in [0.1, 0.15) is 28.9 Å². The lowest BCUT2D eigenvalue weighted by Crippen LogP contribution is -2.12. The molecule has 0 spiro atoms. The van der Waals surface area contributed by atoms with E-state index in [1.807, 2.05) is 43.3 Å². The Morgan fingerprint density at radius 1 is 1.13 bits per heavy atom. The van der Waals surface area contributed by atoms with E-state index < -0.39 is 5.82 Å². The van der Waals surface area contributed by atoms with Crippen LogP contribution in [0.4, 0.5) is 10.1 Å². The van der Waals surface area contributed by atoms with Crippen LogP contribution in [0.3, 0.4) is 0 Å². The van der Waals surface area contributed by atoms with Crippen molar-refractivity contribution >= 4 is 34.5 Å². The molecule has 156 valence electrons. The summed E-state index contributed by atoms with van der Waals surface area (Å²) in [6.07, 6.45) is 0. The predicted octanol–water partition coefficient (Wildman–Crippen LogP) is 6.74. The number of nitrogens with one attached hydrogen (secondary N) is 1. The molecular formula is C24H18ClFN2O2S. The number of carbonyl (C=O) groups is 1. The van der Waals surface area contributed by atoms with Crippen LogP contribution < -0.4 is 10.1 Å². The average molecular weight is 453 g/mol. The third-order valence-corrected chi connectivity index (χ3v) is 5.80. The van der Waals surface area contributed by atoms with Crippen LogP contribution in [-0.4, -0.2) is 10.9 Å². The largest absolute Gasteiger partial charge is 0.489 e. The lowest BCUT2D eigenvalue weighted by atomic mass is 10.2. The molecule has 1 aromatic heterocycles. The number of hydrogen-bond acceptors (Lipinski definition) is 4. The highest BCUT2D eigenvalue weighted by molar-refractivity contribution is 7.13. The van der Waals surface area contributed by atoms with E-state index in [0.717, 1.165) is 21.8 Å². The number of hydrogen-bond donors (Lipinski definition) is 1. The molecule has 31 heavy (non-hydrogen) atoms. The standard InChI is InChI=1S/C24H18ClFN2O2S/c1-15-4-2-5-17(12-15)27-23(29)22-14-31-24(28-22)16-8-10-18(11-9-16)30-13-19-20(25)6-3-7-21(19)26/h2-12,14H,13H2,1H3,(H,27,29). The maximum atomic E-state index is 13.9. The second-order valence-corrected chi connectivity index (χ2v) is 8.14. The molecule has 0 radical (unpaired) electrons. The van der Waals surface area contributed by atoms with Gasteiger partial charge in [0, 0.05) is 22.2 Å². The Morgan fingerprint density at radius 3 is 2.65 bits per heavy atom. The average Bonchev–Trinajstić information content (AvgIpc) is 3.24. The van der Waals surface area contributed by atoms with Gasteiger partial charge in [-0.15, -0.1) is 11.3 Å². The van der Waals surface area contributed by atoms with Crippen molar-refractivity contribution in [3.05, 3.63) is 99.8 Å². The molecule has 4 rings (SSSR count). The second-order valence-electron chi connectivity index (χ2n) is 6.87. The first-order chi connectivity index (χ1) is 15.0. The number of benzene rings is 3. The summed E-state index contributed by atoms with van der Waals surface area (Å²) in [5.41, 5.74) is 3.33. The quantitative estimate of drug-likeness (QED) is 0.352.